The Labute approximate surface area is 183 Å². The molecule has 0 unspecified atom stereocenters. The lowest BCUT2D eigenvalue weighted by Crippen LogP contribution is -2.37. The molecule has 0 radical (unpaired) electrons. The van der Waals surface area contributed by atoms with Gasteiger partial charge in [0.15, 0.2) is 11.5 Å². The first-order valence-electron chi connectivity index (χ1n) is 9.88. The van der Waals surface area contributed by atoms with Crippen LogP contribution in [-0.2, 0) is 4.74 Å². The van der Waals surface area contributed by atoms with Gasteiger partial charge in [0.25, 0.3) is 5.91 Å². The fourth-order valence-corrected chi connectivity index (χ4v) is 3.69. The normalized spacial score (nSPS) is 14.0. The summed E-state index contributed by atoms with van der Waals surface area (Å²) in [5.74, 6) is 0.432. The summed E-state index contributed by atoms with van der Waals surface area (Å²) in [6.07, 6.45) is 5.07. The number of fused-ring (bicyclic) bond motifs is 1. The number of hydrogen-bond acceptors (Lipinski definition) is 6. The molecule has 8 nitrogen and oxygen atoms in total. The summed E-state index contributed by atoms with van der Waals surface area (Å²) in [5.41, 5.74) is 3.10. The van der Waals surface area contributed by atoms with Crippen molar-refractivity contribution in [3.63, 3.8) is 0 Å². The van der Waals surface area contributed by atoms with E-state index in [0.717, 1.165) is 5.56 Å². The van der Waals surface area contributed by atoms with Gasteiger partial charge in [-0.15, -0.1) is 5.10 Å². The first-order chi connectivity index (χ1) is 15.2. The molecule has 4 heterocycles. The van der Waals surface area contributed by atoms with Crippen LogP contribution in [0.3, 0.4) is 0 Å². The Morgan fingerprint density at radius 1 is 1.10 bits per heavy atom. The van der Waals surface area contributed by atoms with Gasteiger partial charge in [0.05, 0.1) is 30.7 Å². The number of imidazole rings is 1. The number of amides is 1. The molecular weight excluding hydrogens is 416 g/mol. The molecule has 1 fully saturated rings. The molecule has 4 aromatic rings. The van der Waals surface area contributed by atoms with Crippen molar-refractivity contribution in [1.82, 2.24) is 19.6 Å². The van der Waals surface area contributed by atoms with Gasteiger partial charge in [0.2, 0.25) is 0 Å². The molecule has 1 amide bonds. The SMILES string of the molecule is O=C(Nc1ccncc1)c1cc(N2CCOCC2)nn2cc(-c3cccc(Cl)c3)nc12. The predicted octanol–water partition coefficient (Wildman–Crippen LogP) is 3.53. The number of carbonyl (C=O) groups is 1. The Kier molecular flexibility index (Phi) is 5.23. The van der Waals surface area contributed by atoms with Crippen molar-refractivity contribution in [2.24, 2.45) is 0 Å². The second-order valence-electron chi connectivity index (χ2n) is 7.11. The number of aromatic nitrogens is 4. The molecule has 3 aromatic heterocycles. The number of hydrogen-bond donors (Lipinski definition) is 1. The van der Waals surface area contributed by atoms with Crippen LogP contribution in [-0.4, -0.2) is 51.8 Å². The Bertz CT molecular complexity index is 1240. The summed E-state index contributed by atoms with van der Waals surface area (Å²) in [5, 5.41) is 8.25. The number of carbonyl (C=O) groups excluding carboxylic acids is 1. The lowest BCUT2D eigenvalue weighted by atomic mass is 10.2. The van der Waals surface area contributed by atoms with E-state index in [1.54, 1.807) is 35.1 Å². The third kappa shape index (κ3) is 4.08. The van der Waals surface area contributed by atoms with Gasteiger partial charge in [-0.25, -0.2) is 9.50 Å². The van der Waals surface area contributed by atoms with E-state index in [2.05, 4.69) is 15.2 Å². The Morgan fingerprint density at radius 3 is 2.68 bits per heavy atom. The molecule has 0 spiro atoms. The maximum absolute atomic E-state index is 13.2. The lowest BCUT2D eigenvalue weighted by Gasteiger charge is -2.27. The molecule has 1 aromatic carbocycles. The number of morpholine rings is 1. The molecule has 5 rings (SSSR count). The molecule has 31 heavy (non-hydrogen) atoms. The van der Waals surface area contributed by atoms with E-state index in [1.807, 2.05) is 30.5 Å². The van der Waals surface area contributed by atoms with Crippen molar-refractivity contribution >= 4 is 34.7 Å². The van der Waals surface area contributed by atoms with E-state index in [0.29, 0.717) is 59.7 Å². The van der Waals surface area contributed by atoms with Crippen LogP contribution < -0.4 is 10.2 Å². The van der Waals surface area contributed by atoms with Crippen LogP contribution in [0.2, 0.25) is 5.02 Å². The van der Waals surface area contributed by atoms with Crippen LogP contribution in [0.25, 0.3) is 16.9 Å². The first-order valence-corrected chi connectivity index (χ1v) is 10.3. The average molecular weight is 435 g/mol. The van der Waals surface area contributed by atoms with Crippen LogP contribution in [0, 0.1) is 0 Å². The standard InChI is InChI=1S/C22H19ClN6O2/c23-16-3-1-2-15(12-16)19-14-29-21(26-19)18(22(30)25-17-4-6-24-7-5-17)13-20(27-29)28-8-10-31-11-9-28/h1-7,12-14H,8-11H2,(H,24,25,30). The minimum Gasteiger partial charge on any atom is -0.378 e. The molecular formula is C22H19ClN6O2. The number of rotatable bonds is 4. The monoisotopic (exact) mass is 434 g/mol. The van der Waals surface area contributed by atoms with Crippen LogP contribution in [0.4, 0.5) is 11.5 Å². The number of benzene rings is 1. The molecule has 9 heteroatoms. The Hall–Kier alpha value is -3.49. The van der Waals surface area contributed by atoms with E-state index in [4.69, 9.17) is 26.4 Å². The summed E-state index contributed by atoms with van der Waals surface area (Å²) < 4.78 is 7.11. The quantitative estimate of drug-likeness (QED) is 0.529. The van der Waals surface area contributed by atoms with Crippen molar-refractivity contribution in [1.29, 1.82) is 0 Å². The third-order valence-corrected chi connectivity index (χ3v) is 5.29. The van der Waals surface area contributed by atoms with E-state index in [9.17, 15) is 4.79 Å². The number of nitrogens with zero attached hydrogens (tertiary/aromatic N) is 5. The fraction of sp³-hybridized carbons (Fsp3) is 0.182. The summed E-state index contributed by atoms with van der Waals surface area (Å²) >= 11 is 6.15. The second kappa shape index (κ2) is 8.33. The molecule has 156 valence electrons. The number of anilines is 2. The number of nitrogens with one attached hydrogen (secondary N) is 1. The molecule has 1 aliphatic heterocycles. The highest BCUT2D eigenvalue weighted by Crippen LogP contribution is 2.26. The topological polar surface area (TPSA) is 84.7 Å². The third-order valence-electron chi connectivity index (χ3n) is 5.05. The summed E-state index contributed by atoms with van der Waals surface area (Å²) in [4.78, 5) is 24.0. The van der Waals surface area contributed by atoms with Crippen molar-refractivity contribution in [3.05, 3.63) is 71.6 Å². The molecule has 1 N–H and O–H groups in total. The fourth-order valence-electron chi connectivity index (χ4n) is 3.50. The van der Waals surface area contributed by atoms with Crippen LogP contribution >= 0.6 is 11.6 Å². The van der Waals surface area contributed by atoms with Crippen LogP contribution in [0.15, 0.2) is 61.1 Å². The average Bonchev–Trinajstić information content (AvgIpc) is 3.24. The van der Waals surface area contributed by atoms with E-state index in [-0.39, 0.29) is 5.91 Å². The predicted molar refractivity (Wildman–Crippen MR) is 119 cm³/mol. The maximum atomic E-state index is 13.2. The van der Waals surface area contributed by atoms with Gasteiger partial charge in [0.1, 0.15) is 0 Å². The molecule has 1 aliphatic rings. The van der Waals surface area contributed by atoms with Gasteiger partial charge in [-0.1, -0.05) is 23.7 Å². The first kappa shape index (κ1) is 19.5. The van der Waals surface area contributed by atoms with Gasteiger partial charge in [-0.05, 0) is 30.3 Å². The van der Waals surface area contributed by atoms with Gasteiger partial charge in [-0.3, -0.25) is 9.78 Å². The zero-order chi connectivity index (χ0) is 21.2. The van der Waals surface area contributed by atoms with E-state index >= 15 is 0 Å². The minimum absolute atomic E-state index is 0.267. The highest BCUT2D eigenvalue weighted by Gasteiger charge is 2.21. The van der Waals surface area contributed by atoms with Crippen LogP contribution in [0.1, 0.15) is 10.4 Å². The molecule has 0 bridgehead atoms. The number of pyridine rings is 1. The van der Waals surface area contributed by atoms with Gasteiger partial charge in [0, 0.05) is 41.8 Å². The number of ether oxygens (including phenoxy) is 1. The lowest BCUT2D eigenvalue weighted by molar-refractivity contribution is 0.102. The molecule has 0 atom stereocenters. The smallest absolute Gasteiger partial charge is 0.259 e. The largest absolute Gasteiger partial charge is 0.378 e. The Morgan fingerprint density at radius 2 is 1.90 bits per heavy atom. The van der Waals surface area contributed by atoms with Gasteiger partial charge < -0.3 is 15.0 Å². The van der Waals surface area contributed by atoms with Crippen molar-refractivity contribution in [3.8, 4) is 11.3 Å². The van der Waals surface area contributed by atoms with Gasteiger partial charge >= 0.3 is 0 Å². The van der Waals surface area contributed by atoms with E-state index in [1.165, 1.54) is 0 Å². The zero-order valence-electron chi connectivity index (χ0n) is 16.5. The minimum atomic E-state index is -0.267. The molecule has 0 saturated carbocycles. The second-order valence-corrected chi connectivity index (χ2v) is 7.55. The number of halogens is 1. The van der Waals surface area contributed by atoms with Crippen molar-refractivity contribution < 1.29 is 9.53 Å². The summed E-state index contributed by atoms with van der Waals surface area (Å²) in [7, 11) is 0. The van der Waals surface area contributed by atoms with Crippen molar-refractivity contribution in [2.75, 3.05) is 36.5 Å². The van der Waals surface area contributed by atoms with Gasteiger partial charge in [-0.2, -0.15) is 0 Å². The maximum Gasteiger partial charge on any atom is 0.259 e. The summed E-state index contributed by atoms with van der Waals surface area (Å²) in [6, 6.07) is 12.7. The van der Waals surface area contributed by atoms with Crippen LogP contribution in [0.5, 0.6) is 0 Å². The van der Waals surface area contributed by atoms with E-state index < -0.39 is 0 Å². The molecule has 0 aliphatic carbocycles. The molecule has 1 saturated heterocycles. The highest BCUT2D eigenvalue weighted by atomic mass is 35.5. The Balaban J connectivity index is 1.60. The van der Waals surface area contributed by atoms with Crippen molar-refractivity contribution in [2.45, 2.75) is 0 Å². The highest BCUT2D eigenvalue weighted by molar-refractivity contribution is 6.30. The zero-order valence-corrected chi connectivity index (χ0v) is 17.3. The summed E-state index contributed by atoms with van der Waals surface area (Å²) in [6.45, 7) is 2.66.